The van der Waals surface area contributed by atoms with Crippen molar-refractivity contribution in [3.05, 3.63) is 0 Å². The third kappa shape index (κ3) is 5.63. The van der Waals surface area contributed by atoms with Crippen LogP contribution in [0, 0.1) is 0 Å². The Hall–Kier alpha value is -1.04. The van der Waals surface area contributed by atoms with Crippen molar-refractivity contribution in [2.75, 3.05) is 25.2 Å². The number of hydrogen-bond acceptors (Lipinski definition) is 5. The minimum atomic E-state index is -0.239. The maximum atomic E-state index is 11.7. The molecule has 0 saturated carbocycles. The highest BCUT2D eigenvalue weighted by Gasteiger charge is 2.26. The van der Waals surface area contributed by atoms with E-state index in [0.29, 0.717) is 19.4 Å². The van der Waals surface area contributed by atoms with Gasteiger partial charge in [0.15, 0.2) is 0 Å². The van der Waals surface area contributed by atoms with Gasteiger partial charge in [-0.15, -0.1) is 0 Å². The summed E-state index contributed by atoms with van der Waals surface area (Å²) in [4.78, 5) is 35.2. The number of carbonyl (C=O) groups is 3. The molecule has 1 aliphatic heterocycles. The minimum Gasteiger partial charge on any atom is -0.469 e. The molecule has 1 aliphatic rings. The number of ether oxygens (including phenoxy) is 1. The number of rotatable bonds is 8. The predicted octanol–water partition coefficient (Wildman–Crippen LogP) is 1.25. The lowest BCUT2D eigenvalue weighted by Gasteiger charge is -2.32. The van der Waals surface area contributed by atoms with Crippen molar-refractivity contribution in [2.24, 2.45) is 0 Å². The first-order valence-corrected chi connectivity index (χ1v) is 7.74. The van der Waals surface area contributed by atoms with Crippen molar-refractivity contribution < 1.29 is 19.1 Å². The minimum absolute atomic E-state index is 0.0820. The molecule has 0 aromatic carbocycles. The zero-order valence-electron chi connectivity index (χ0n) is 11.3. The molecule has 6 heteroatoms. The average Bonchev–Trinajstić information content (AvgIpc) is 2.43. The molecule has 1 atom stereocenters. The summed E-state index contributed by atoms with van der Waals surface area (Å²) in [6.07, 6.45) is 4.23. The van der Waals surface area contributed by atoms with Crippen LogP contribution in [0.1, 0.15) is 32.1 Å². The highest BCUT2D eigenvalue weighted by molar-refractivity contribution is 7.99. The van der Waals surface area contributed by atoms with Crippen LogP contribution in [0.4, 0.5) is 0 Å². The smallest absolute Gasteiger partial charge is 0.305 e. The van der Waals surface area contributed by atoms with E-state index < -0.39 is 0 Å². The highest BCUT2D eigenvalue weighted by Crippen LogP contribution is 2.17. The lowest BCUT2D eigenvalue weighted by Crippen LogP contribution is -2.45. The van der Waals surface area contributed by atoms with Crippen LogP contribution in [0.5, 0.6) is 0 Å². The monoisotopic (exact) mass is 287 g/mol. The maximum absolute atomic E-state index is 11.7. The van der Waals surface area contributed by atoms with Gasteiger partial charge in [-0.25, -0.2) is 0 Å². The number of thioether (sulfide) groups is 1. The van der Waals surface area contributed by atoms with Crippen LogP contribution < -0.4 is 0 Å². The summed E-state index contributed by atoms with van der Waals surface area (Å²) in [5.41, 5.74) is 0. The van der Waals surface area contributed by atoms with Gasteiger partial charge < -0.3 is 14.4 Å². The lowest BCUT2D eigenvalue weighted by atomic mass is 10.0. The van der Waals surface area contributed by atoms with Gasteiger partial charge in [-0.1, -0.05) is 0 Å². The van der Waals surface area contributed by atoms with Crippen LogP contribution in [0.3, 0.4) is 0 Å². The fourth-order valence-corrected chi connectivity index (χ4v) is 2.94. The Kier molecular flexibility index (Phi) is 7.55. The third-order valence-electron chi connectivity index (χ3n) is 3.14. The summed E-state index contributed by atoms with van der Waals surface area (Å²) in [5.74, 6) is 1.56. The summed E-state index contributed by atoms with van der Waals surface area (Å²) < 4.78 is 4.55. The number of piperidine rings is 1. The number of methoxy groups -OCH3 is 1. The largest absolute Gasteiger partial charge is 0.469 e. The van der Waals surface area contributed by atoms with Gasteiger partial charge in [-0.05, 0) is 25.0 Å². The number of likely N-dealkylation sites (tertiary alicyclic amines) is 1. The molecule has 0 aromatic rings. The Morgan fingerprint density at radius 2 is 2.32 bits per heavy atom. The zero-order chi connectivity index (χ0) is 14.1. The van der Waals surface area contributed by atoms with E-state index in [1.54, 1.807) is 16.7 Å². The number of hydrogen-bond donors (Lipinski definition) is 0. The maximum Gasteiger partial charge on any atom is 0.305 e. The Morgan fingerprint density at radius 1 is 1.53 bits per heavy atom. The molecule has 0 aromatic heterocycles. The summed E-state index contributed by atoms with van der Waals surface area (Å²) in [5, 5.41) is 0. The predicted molar refractivity (Wildman–Crippen MR) is 74.0 cm³/mol. The molecule has 1 unspecified atom stereocenters. The molecule has 1 rings (SSSR count). The van der Waals surface area contributed by atoms with Crippen molar-refractivity contribution in [2.45, 2.75) is 38.1 Å². The lowest BCUT2D eigenvalue weighted by molar-refractivity contribution is -0.140. The van der Waals surface area contributed by atoms with E-state index in [9.17, 15) is 14.4 Å². The van der Waals surface area contributed by atoms with Gasteiger partial charge in [0.1, 0.15) is 6.29 Å². The van der Waals surface area contributed by atoms with Crippen molar-refractivity contribution in [3.63, 3.8) is 0 Å². The van der Waals surface area contributed by atoms with Crippen molar-refractivity contribution in [1.29, 1.82) is 0 Å². The summed E-state index contributed by atoms with van der Waals surface area (Å²) in [6, 6.07) is -0.239. The average molecular weight is 287 g/mol. The summed E-state index contributed by atoms with van der Waals surface area (Å²) in [6.45, 7) is 0.616. The first kappa shape index (κ1) is 16.0. The second-order valence-corrected chi connectivity index (χ2v) is 5.70. The molecule has 1 heterocycles. The number of nitrogens with zero attached hydrogens (tertiary/aromatic N) is 1. The van der Waals surface area contributed by atoms with E-state index in [0.717, 1.165) is 37.1 Å². The summed E-state index contributed by atoms with van der Waals surface area (Å²) in [7, 11) is 1.39. The molecule has 5 nitrogen and oxygen atoms in total. The second kappa shape index (κ2) is 8.96. The molecule has 1 fully saturated rings. The van der Waals surface area contributed by atoms with Crippen molar-refractivity contribution >= 4 is 29.9 Å². The first-order chi connectivity index (χ1) is 9.19. The van der Waals surface area contributed by atoms with Crippen LogP contribution in [0.2, 0.25) is 0 Å². The number of aldehydes is 1. The third-order valence-corrected chi connectivity index (χ3v) is 4.19. The van der Waals surface area contributed by atoms with Crippen molar-refractivity contribution in [1.82, 2.24) is 4.90 Å². The molecule has 1 amide bonds. The molecular formula is C13H21NO4S. The van der Waals surface area contributed by atoms with Crippen LogP contribution in [-0.2, 0) is 19.1 Å². The van der Waals surface area contributed by atoms with Gasteiger partial charge in [-0.3, -0.25) is 9.59 Å². The molecule has 0 bridgehead atoms. The molecule has 0 N–H and O–H groups in total. The molecule has 19 heavy (non-hydrogen) atoms. The molecule has 0 spiro atoms. The molecular weight excluding hydrogens is 266 g/mol. The number of esters is 1. The first-order valence-electron chi connectivity index (χ1n) is 6.58. The van der Waals surface area contributed by atoms with Crippen LogP contribution in [0.25, 0.3) is 0 Å². The Balaban J connectivity index is 2.15. The standard InChI is InChI=1S/C13H21NO4S/c1-18-13(17)6-3-8-19-9-7-14-11(10-15)4-2-5-12(14)16/h10-11H,2-9H2,1H3. The fourth-order valence-electron chi connectivity index (χ4n) is 2.06. The second-order valence-electron chi connectivity index (χ2n) is 4.47. The van der Waals surface area contributed by atoms with Crippen LogP contribution in [-0.4, -0.2) is 54.3 Å². The van der Waals surface area contributed by atoms with E-state index in [1.165, 1.54) is 7.11 Å². The highest BCUT2D eigenvalue weighted by atomic mass is 32.2. The number of carbonyl (C=O) groups excluding carboxylic acids is 3. The van der Waals surface area contributed by atoms with Gasteiger partial charge in [-0.2, -0.15) is 11.8 Å². The van der Waals surface area contributed by atoms with Crippen molar-refractivity contribution in [3.8, 4) is 0 Å². The molecule has 108 valence electrons. The van der Waals surface area contributed by atoms with E-state index in [4.69, 9.17) is 0 Å². The Labute approximate surface area is 118 Å². The summed E-state index contributed by atoms with van der Waals surface area (Å²) >= 11 is 1.70. The SMILES string of the molecule is COC(=O)CCCSCCN1C(=O)CCCC1C=O. The quantitative estimate of drug-likeness (QED) is 0.382. The van der Waals surface area contributed by atoms with Crippen LogP contribution in [0.15, 0.2) is 0 Å². The topological polar surface area (TPSA) is 63.7 Å². The van der Waals surface area contributed by atoms with Gasteiger partial charge in [0.05, 0.1) is 13.2 Å². The van der Waals surface area contributed by atoms with Gasteiger partial charge in [0.2, 0.25) is 5.91 Å². The molecule has 0 radical (unpaired) electrons. The number of amides is 1. The van der Waals surface area contributed by atoms with E-state index >= 15 is 0 Å². The van der Waals surface area contributed by atoms with Gasteiger partial charge in [0.25, 0.3) is 0 Å². The van der Waals surface area contributed by atoms with Gasteiger partial charge >= 0.3 is 5.97 Å². The normalized spacial score (nSPS) is 19.3. The van der Waals surface area contributed by atoms with E-state index in [-0.39, 0.29) is 17.9 Å². The molecule has 0 aliphatic carbocycles. The Morgan fingerprint density at radius 3 is 3.00 bits per heavy atom. The van der Waals surface area contributed by atoms with E-state index in [1.807, 2.05) is 0 Å². The molecule has 1 saturated heterocycles. The fraction of sp³-hybridized carbons (Fsp3) is 0.769. The van der Waals surface area contributed by atoms with E-state index in [2.05, 4.69) is 4.74 Å². The zero-order valence-corrected chi connectivity index (χ0v) is 12.1. The Bertz CT molecular complexity index is 322. The van der Waals surface area contributed by atoms with Crippen LogP contribution >= 0.6 is 11.8 Å². The van der Waals surface area contributed by atoms with Gasteiger partial charge in [0, 0.05) is 25.1 Å².